The molecule has 84 heavy (non-hydrogen) atoms. The second-order valence-corrected chi connectivity index (χ2v) is 21.7. The average Bonchev–Trinajstić information content (AvgIpc) is 3.18. The molecule has 1 heterocycles. The van der Waals surface area contributed by atoms with Crippen molar-refractivity contribution in [3.63, 3.8) is 0 Å². The van der Waals surface area contributed by atoms with Crippen molar-refractivity contribution >= 4 is 106 Å². The van der Waals surface area contributed by atoms with Crippen LogP contribution in [0.5, 0.6) is 23.0 Å². The van der Waals surface area contributed by atoms with Gasteiger partial charge in [-0.3, -0.25) is 38.4 Å². The Morgan fingerprint density at radius 2 is 0.821 bits per heavy atom. The van der Waals surface area contributed by atoms with Crippen LogP contribution in [0.1, 0.15) is 88.2 Å². The van der Waals surface area contributed by atoms with Crippen LogP contribution in [0, 0.1) is 41.6 Å². The molecule has 2 saturated carbocycles. The summed E-state index contributed by atoms with van der Waals surface area (Å²) in [7, 11) is 0. The predicted molar refractivity (Wildman–Crippen MR) is 296 cm³/mol. The van der Waals surface area contributed by atoms with Crippen molar-refractivity contribution < 1.29 is 95.3 Å². The van der Waals surface area contributed by atoms with Gasteiger partial charge in [-0.2, -0.15) is 0 Å². The molecule has 442 valence electrons. The molecule has 0 saturated heterocycles. The number of carbonyl (C=O) groups is 10. The van der Waals surface area contributed by atoms with E-state index in [4.69, 9.17) is 77.1 Å². The van der Waals surface area contributed by atoms with E-state index >= 15 is 0 Å². The molecule has 2 fully saturated rings. The lowest BCUT2D eigenvalue weighted by Crippen LogP contribution is -2.30. The van der Waals surface area contributed by atoms with Gasteiger partial charge in [0.15, 0.2) is 0 Å². The Labute approximate surface area is 500 Å². The zero-order chi connectivity index (χ0) is 60.7. The number of fused-ring (bicyclic) bond motifs is 1. The summed E-state index contributed by atoms with van der Waals surface area (Å²) in [5.74, 6) is -8.22. The van der Waals surface area contributed by atoms with Gasteiger partial charge in [0, 0.05) is 12.2 Å². The Bertz CT molecular complexity index is 2970. The maximum Gasteiger partial charge on any atom is 0.330 e. The molecule has 0 spiro atoms. The van der Waals surface area contributed by atoms with Gasteiger partial charge in [0.05, 0.1) is 86.1 Å². The summed E-state index contributed by atoms with van der Waals surface area (Å²) >= 11 is 14.9. The maximum atomic E-state index is 13.7. The number of benzene rings is 3. The first-order valence-corrected chi connectivity index (χ1v) is 28.5. The highest BCUT2D eigenvalue weighted by molar-refractivity contribution is 8.24. The number of carbonyl (C=O) groups excluding carboxylic acids is 10. The van der Waals surface area contributed by atoms with Crippen LogP contribution < -0.4 is 18.9 Å². The highest BCUT2D eigenvalue weighted by Gasteiger charge is 2.37. The summed E-state index contributed by atoms with van der Waals surface area (Å²) in [5, 5.41) is 9.86. The first-order chi connectivity index (χ1) is 40.4. The van der Waals surface area contributed by atoms with Gasteiger partial charge in [-0.1, -0.05) is 72.0 Å². The van der Waals surface area contributed by atoms with Gasteiger partial charge >= 0.3 is 59.7 Å². The van der Waals surface area contributed by atoms with Crippen LogP contribution in [-0.2, 0) is 89.6 Å². The molecule has 22 nitrogen and oxygen atoms in total. The zero-order valence-corrected chi connectivity index (χ0v) is 48.0. The van der Waals surface area contributed by atoms with E-state index < -0.39 is 83.4 Å². The minimum absolute atomic E-state index is 0.0753. The third kappa shape index (κ3) is 19.8. The number of thioether (sulfide) groups is 2. The molecular formula is C58H54Cl2N2O20S2. The Balaban J connectivity index is 0.935. The average molecular weight is 1230 g/mol. The van der Waals surface area contributed by atoms with Crippen molar-refractivity contribution in [2.45, 2.75) is 100 Å². The van der Waals surface area contributed by atoms with Gasteiger partial charge in [0.25, 0.3) is 5.70 Å². The van der Waals surface area contributed by atoms with Crippen molar-refractivity contribution in [3.05, 3.63) is 116 Å². The molecule has 3 aromatic carbocycles. The Kier molecular flexibility index (Phi) is 25.2. The van der Waals surface area contributed by atoms with Gasteiger partial charge in [0.2, 0.25) is 0 Å². The van der Waals surface area contributed by atoms with Crippen LogP contribution in [0.3, 0.4) is 0 Å². The monoisotopic (exact) mass is 1230 g/mol. The van der Waals surface area contributed by atoms with Crippen LogP contribution >= 0.6 is 46.7 Å². The van der Waals surface area contributed by atoms with E-state index in [-0.39, 0.29) is 130 Å². The number of hydrogen-bond acceptors (Lipinski definition) is 23. The molecule has 0 N–H and O–H groups in total. The topological polar surface area (TPSA) is 291 Å². The third-order valence-corrected chi connectivity index (χ3v) is 16.0. The van der Waals surface area contributed by atoms with E-state index in [1.165, 1.54) is 36.4 Å². The van der Waals surface area contributed by atoms with Crippen LogP contribution in [0.15, 0.2) is 93.6 Å². The van der Waals surface area contributed by atoms with E-state index in [1.54, 1.807) is 12.1 Å². The third-order valence-electron chi connectivity index (χ3n) is 12.8. The fourth-order valence-corrected chi connectivity index (χ4v) is 11.3. The second kappa shape index (κ2) is 32.6. The summed E-state index contributed by atoms with van der Waals surface area (Å²) in [6, 6.07) is 13.7. The summed E-state index contributed by atoms with van der Waals surface area (Å²) < 4.78 is 53.0. The number of hydrogen-bond donors (Lipinski definition) is 0. The Morgan fingerprint density at radius 3 is 1.13 bits per heavy atom. The molecule has 0 aromatic heterocycles. The molecule has 6 rings (SSSR count). The van der Waals surface area contributed by atoms with Crippen LogP contribution in [0.4, 0.5) is 0 Å². The number of ether oxygens (including phenoxy) is 10. The van der Waals surface area contributed by atoms with Crippen LogP contribution in [0.25, 0.3) is 4.85 Å². The highest BCUT2D eigenvalue weighted by Crippen LogP contribution is 2.59. The second-order valence-electron chi connectivity index (χ2n) is 18.6. The SMILES string of the molecule is [C-]#[N+]C(C#N)=C1Sc2c(OC(=O)C3CCC(C(=O)Oc4ccc(COC(=O)CCC(=O)OCCOC(=O)C=C)cc4Cl)CC3)ccc(OC(=O)C3CCC(C(=O)Oc4ccc(COC(=O)CCC(=O)OCCOC(=O)C=C)cc4Cl)CC3)c2S1. The quantitative estimate of drug-likeness (QED) is 0.0137. The van der Waals surface area contributed by atoms with Crippen LogP contribution in [-0.4, -0.2) is 86.1 Å². The predicted octanol–water partition coefficient (Wildman–Crippen LogP) is 9.63. The summed E-state index contributed by atoms with van der Waals surface area (Å²) in [4.78, 5) is 128. The Morgan fingerprint density at radius 1 is 0.512 bits per heavy atom. The number of esters is 10. The molecule has 3 aromatic rings. The van der Waals surface area contributed by atoms with Crippen molar-refractivity contribution in [2.24, 2.45) is 23.7 Å². The van der Waals surface area contributed by atoms with Crippen molar-refractivity contribution in [3.8, 4) is 29.1 Å². The minimum atomic E-state index is -0.682. The molecule has 0 unspecified atom stereocenters. The first kappa shape index (κ1) is 65.0. The fraction of sp³-hybridized carbons (Fsp3) is 0.379. The molecule has 0 atom stereocenters. The number of rotatable bonds is 26. The van der Waals surface area contributed by atoms with E-state index in [2.05, 4.69) is 18.0 Å². The van der Waals surface area contributed by atoms with Crippen molar-refractivity contribution in [2.75, 3.05) is 26.4 Å². The van der Waals surface area contributed by atoms with Gasteiger partial charge in [-0.25, -0.2) is 19.7 Å². The molecular weight excluding hydrogens is 1180 g/mol. The fourth-order valence-electron chi connectivity index (χ4n) is 8.37. The largest absolute Gasteiger partial charge is 0.462 e. The maximum absolute atomic E-state index is 13.7. The molecule has 26 heteroatoms. The number of allylic oxidation sites excluding steroid dienone is 1. The highest BCUT2D eigenvalue weighted by atomic mass is 35.5. The molecule has 3 aliphatic rings. The summed E-state index contributed by atoms with van der Waals surface area (Å²) in [5.41, 5.74) is 0.759. The van der Waals surface area contributed by atoms with Gasteiger partial charge in [-0.15, -0.1) is 0 Å². The lowest BCUT2D eigenvalue weighted by atomic mass is 9.82. The molecule has 0 bridgehead atoms. The van der Waals surface area contributed by atoms with E-state index in [0.717, 1.165) is 35.7 Å². The molecule has 0 amide bonds. The minimum Gasteiger partial charge on any atom is -0.462 e. The van der Waals surface area contributed by atoms with Crippen LogP contribution in [0.2, 0.25) is 10.0 Å². The molecule has 1 aliphatic heterocycles. The Hall–Kier alpha value is -8.16. The number of nitrogens with zero attached hydrogens (tertiary/aromatic N) is 2. The van der Waals surface area contributed by atoms with E-state index in [0.29, 0.717) is 50.8 Å². The normalized spacial score (nSPS) is 16.7. The summed E-state index contributed by atoms with van der Waals surface area (Å²) in [6.45, 7) is 13.0. The van der Waals surface area contributed by atoms with Crippen molar-refractivity contribution in [1.29, 1.82) is 5.26 Å². The standard InChI is InChI=1S/C58H54Cl2N2O20S2/c1-4-46(63)73-24-26-75-48(65)20-22-50(67)77-31-33-6-16-42(39(59)28-33)79-54(69)35-8-12-37(13-9-35)56(71)81-44-18-19-45(53-52(44)83-58(84-53)41(30-61)62-3)82-57(72)38-14-10-36(11-15-38)55(70)80-43-17-7-34(29-40(43)60)32-78-51(68)23-21-49(66)76-27-25-74-47(64)5-2/h4-7,16-19,28-29,35-38H,1-2,8-15,20-27,31-32H2. The van der Waals surface area contributed by atoms with Gasteiger partial charge in [-0.05, 0) is 98.9 Å². The van der Waals surface area contributed by atoms with Gasteiger partial charge in [0.1, 0.15) is 62.6 Å². The van der Waals surface area contributed by atoms with E-state index in [9.17, 15) is 53.2 Å². The first-order valence-electron chi connectivity index (χ1n) is 26.1. The lowest BCUT2D eigenvalue weighted by molar-refractivity contribution is -0.153. The number of nitriles is 1. The molecule has 0 radical (unpaired) electrons. The van der Waals surface area contributed by atoms with E-state index in [1.807, 2.05) is 6.07 Å². The van der Waals surface area contributed by atoms with Gasteiger partial charge < -0.3 is 47.4 Å². The molecule has 2 aliphatic carbocycles. The van der Waals surface area contributed by atoms with Crippen molar-refractivity contribution in [1.82, 2.24) is 0 Å². The zero-order valence-electron chi connectivity index (χ0n) is 44.9. The lowest BCUT2D eigenvalue weighted by Gasteiger charge is -2.26. The smallest absolute Gasteiger partial charge is 0.330 e. The number of halogens is 2. The summed E-state index contributed by atoms with van der Waals surface area (Å²) in [6.07, 6.45) is 3.24.